The molecule has 0 amide bonds. The molecule has 1 aliphatic rings. The van der Waals surface area contributed by atoms with E-state index in [1.807, 2.05) is 0 Å². The first-order valence-electron chi connectivity index (χ1n) is 6.39. The summed E-state index contributed by atoms with van der Waals surface area (Å²) in [6.45, 7) is 9.46. The highest BCUT2D eigenvalue weighted by Crippen LogP contribution is 2.31. The van der Waals surface area contributed by atoms with Gasteiger partial charge in [-0.05, 0) is 26.7 Å². The summed E-state index contributed by atoms with van der Waals surface area (Å²) in [7, 11) is 0. The van der Waals surface area contributed by atoms with E-state index in [-0.39, 0.29) is 6.04 Å². The van der Waals surface area contributed by atoms with E-state index in [1.165, 1.54) is 16.3 Å². The molecule has 0 spiro atoms. The van der Waals surface area contributed by atoms with Crippen LogP contribution in [0.15, 0.2) is 0 Å². The zero-order chi connectivity index (χ0) is 12.4. The van der Waals surface area contributed by atoms with Crippen LogP contribution in [0.1, 0.15) is 48.3 Å². The number of nitrogens with zero attached hydrogens (tertiary/aromatic N) is 1. The Labute approximate surface area is 108 Å². The third-order valence-electron chi connectivity index (χ3n) is 3.16. The molecule has 2 rings (SSSR count). The van der Waals surface area contributed by atoms with E-state index in [4.69, 9.17) is 4.74 Å². The molecule has 1 saturated heterocycles. The molecule has 0 bridgehead atoms. The molecule has 1 aromatic heterocycles. The molecule has 1 N–H and O–H groups in total. The topological polar surface area (TPSA) is 34.2 Å². The van der Waals surface area contributed by atoms with Gasteiger partial charge in [0.2, 0.25) is 0 Å². The predicted molar refractivity (Wildman–Crippen MR) is 71.6 cm³/mol. The van der Waals surface area contributed by atoms with Gasteiger partial charge < -0.3 is 10.1 Å². The van der Waals surface area contributed by atoms with Gasteiger partial charge in [-0.15, -0.1) is 11.3 Å². The number of hydrogen-bond donors (Lipinski definition) is 1. The predicted octanol–water partition coefficient (Wildman–Crippen LogP) is 2.98. The van der Waals surface area contributed by atoms with Crippen LogP contribution >= 0.6 is 11.3 Å². The summed E-state index contributed by atoms with van der Waals surface area (Å²) >= 11 is 1.80. The highest BCUT2D eigenvalue weighted by molar-refractivity contribution is 7.11. The molecular weight excluding hydrogens is 232 g/mol. The molecular formula is C13H22N2OS. The van der Waals surface area contributed by atoms with Gasteiger partial charge in [0.1, 0.15) is 5.01 Å². The fourth-order valence-corrected chi connectivity index (χ4v) is 3.23. The quantitative estimate of drug-likeness (QED) is 0.897. The lowest BCUT2D eigenvalue weighted by Gasteiger charge is -2.24. The van der Waals surface area contributed by atoms with Crippen molar-refractivity contribution in [2.24, 2.45) is 0 Å². The number of aryl methyl sites for hydroxylation is 2. The minimum atomic E-state index is 0.259. The van der Waals surface area contributed by atoms with E-state index in [2.05, 4.69) is 38.0 Å². The number of rotatable bonds is 4. The Morgan fingerprint density at radius 1 is 1.41 bits per heavy atom. The van der Waals surface area contributed by atoms with Crippen molar-refractivity contribution in [2.75, 3.05) is 6.61 Å². The summed E-state index contributed by atoms with van der Waals surface area (Å²) in [5, 5.41) is 4.78. The lowest BCUT2D eigenvalue weighted by molar-refractivity contribution is 0.0753. The van der Waals surface area contributed by atoms with Gasteiger partial charge in [-0.25, -0.2) is 4.98 Å². The van der Waals surface area contributed by atoms with E-state index in [9.17, 15) is 0 Å². The van der Waals surface area contributed by atoms with E-state index in [0.29, 0.717) is 12.1 Å². The third-order valence-corrected chi connectivity index (χ3v) is 4.32. The molecule has 3 nitrogen and oxygen atoms in total. The Kier molecular flexibility index (Phi) is 4.17. The normalized spacial score (nSPS) is 22.3. The van der Waals surface area contributed by atoms with Crippen molar-refractivity contribution in [3.8, 4) is 0 Å². The molecule has 2 atom stereocenters. The van der Waals surface area contributed by atoms with Crippen molar-refractivity contribution in [3.63, 3.8) is 0 Å². The van der Waals surface area contributed by atoms with Gasteiger partial charge in [-0.2, -0.15) is 0 Å². The number of nitrogens with one attached hydrogen (secondary N) is 1. The molecule has 4 heteroatoms. The molecule has 0 radical (unpaired) electrons. The highest BCUT2D eigenvalue weighted by Gasteiger charge is 2.30. The van der Waals surface area contributed by atoms with Gasteiger partial charge in [0.25, 0.3) is 0 Å². The Bertz CT molecular complexity index is 350. The molecule has 2 unspecified atom stereocenters. The summed E-state index contributed by atoms with van der Waals surface area (Å²) in [6, 6.07) is 0.712. The Balaban J connectivity index is 2.19. The van der Waals surface area contributed by atoms with Crippen molar-refractivity contribution in [1.29, 1.82) is 0 Å². The van der Waals surface area contributed by atoms with Gasteiger partial charge in [0.05, 0.1) is 17.8 Å². The average Bonchev–Trinajstić information content (AvgIpc) is 2.86. The summed E-state index contributed by atoms with van der Waals surface area (Å²) in [4.78, 5) is 6.00. The standard InChI is InChI=1S/C13H22N2OS/c1-8(2)14-12(11-6-5-7-16-11)13-15-9(3)10(4)17-13/h8,11-12,14H,5-7H2,1-4H3. The maximum absolute atomic E-state index is 5.82. The number of aromatic nitrogens is 1. The average molecular weight is 254 g/mol. The van der Waals surface area contributed by atoms with Gasteiger partial charge >= 0.3 is 0 Å². The maximum Gasteiger partial charge on any atom is 0.113 e. The first kappa shape index (κ1) is 13.0. The van der Waals surface area contributed by atoms with E-state index >= 15 is 0 Å². The summed E-state index contributed by atoms with van der Waals surface area (Å²) in [5.74, 6) is 0. The molecule has 0 aromatic carbocycles. The molecule has 1 fully saturated rings. The molecule has 2 heterocycles. The Morgan fingerprint density at radius 3 is 2.65 bits per heavy atom. The van der Waals surface area contributed by atoms with Gasteiger partial charge in [0, 0.05) is 17.5 Å². The first-order chi connectivity index (χ1) is 8.08. The Hall–Kier alpha value is -0.450. The maximum atomic E-state index is 5.82. The van der Waals surface area contributed by atoms with Crippen molar-refractivity contribution >= 4 is 11.3 Å². The summed E-state index contributed by atoms with van der Waals surface area (Å²) in [5.41, 5.74) is 1.15. The second kappa shape index (κ2) is 5.46. The summed E-state index contributed by atoms with van der Waals surface area (Å²) < 4.78 is 5.82. The second-order valence-electron chi connectivity index (χ2n) is 5.04. The lowest BCUT2D eigenvalue weighted by Crippen LogP contribution is -2.36. The van der Waals surface area contributed by atoms with Gasteiger partial charge in [0.15, 0.2) is 0 Å². The molecule has 0 saturated carbocycles. The lowest BCUT2D eigenvalue weighted by atomic mass is 10.1. The SMILES string of the molecule is Cc1nc(C(NC(C)C)C2CCCO2)sc1C. The monoisotopic (exact) mass is 254 g/mol. The van der Waals surface area contributed by atoms with Crippen LogP contribution in [0.4, 0.5) is 0 Å². The minimum absolute atomic E-state index is 0.259. The fourth-order valence-electron chi connectivity index (χ4n) is 2.19. The smallest absolute Gasteiger partial charge is 0.113 e. The molecule has 0 aliphatic carbocycles. The van der Waals surface area contributed by atoms with E-state index < -0.39 is 0 Å². The van der Waals surface area contributed by atoms with Crippen LogP contribution < -0.4 is 5.32 Å². The van der Waals surface area contributed by atoms with Crippen LogP contribution in [0.3, 0.4) is 0 Å². The van der Waals surface area contributed by atoms with Crippen molar-refractivity contribution in [3.05, 3.63) is 15.6 Å². The first-order valence-corrected chi connectivity index (χ1v) is 7.21. The fraction of sp³-hybridized carbons (Fsp3) is 0.769. The second-order valence-corrected chi connectivity index (χ2v) is 6.28. The van der Waals surface area contributed by atoms with Gasteiger partial charge in [-0.3, -0.25) is 0 Å². The van der Waals surface area contributed by atoms with Crippen LogP contribution in [0, 0.1) is 13.8 Å². The minimum Gasteiger partial charge on any atom is -0.376 e. The van der Waals surface area contributed by atoms with E-state index in [0.717, 1.165) is 18.7 Å². The molecule has 1 aromatic rings. The number of hydrogen-bond acceptors (Lipinski definition) is 4. The van der Waals surface area contributed by atoms with Crippen LogP contribution in [-0.2, 0) is 4.74 Å². The largest absolute Gasteiger partial charge is 0.376 e. The van der Waals surface area contributed by atoms with Crippen LogP contribution in [-0.4, -0.2) is 23.7 Å². The molecule has 17 heavy (non-hydrogen) atoms. The zero-order valence-electron chi connectivity index (χ0n) is 11.1. The van der Waals surface area contributed by atoms with E-state index in [1.54, 1.807) is 11.3 Å². The van der Waals surface area contributed by atoms with Crippen LogP contribution in [0.25, 0.3) is 0 Å². The molecule has 96 valence electrons. The van der Waals surface area contributed by atoms with Crippen molar-refractivity contribution in [2.45, 2.75) is 58.7 Å². The number of ether oxygens (including phenoxy) is 1. The van der Waals surface area contributed by atoms with Gasteiger partial charge in [-0.1, -0.05) is 13.8 Å². The zero-order valence-corrected chi connectivity index (χ0v) is 11.9. The highest BCUT2D eigenvalue weighted by atomic mass is 32.1. The molecule has 1 aliphatic heterocycles. The van der Waals surface area contributed by atoms with Crippen LogP contribution in [0.2, 0.25) is 0 Å². The van der Waals surface area contributed by atoms with Crippen molar-refractivity contribution < 1.29 is 4.74 Å². The number of thiazole rings is 1. The Morgan fingerprint density at radius 2 is 2.18 bits per heavy atom. The van der Waals surface area contributed by atoms with Crippen molar-refractivity contribution in [1.82, 2.24) is 10.3 Å². The summed E-state index contributed by atoms with van der Waals surface area (Å²) in [6.07, 6.45) is 2.61. The van der Waals surface area contributed by atoms with Crippen LogP contribution in [0.5, 0.6) is 0 Å². The third kappa shape index (κ3) is 3.06.